The SMILES string of the molecule is CC1(C)CC(=O)C2=C(C1)N(c1sc3c(c1C#N)CCCCC3)C(N)=C(C#N)[C@@H]2c1ccc(F)cc1. The molecule has 2 aromatic rings. The molecule has 1 aromatic carbocycles. The normalized spacial score (nSPS) is 21.7. The van der Waals surface area contributed by atoms with Crippen LogP contribution < -0.4 is 10.6 Å². The molecule has 5 rings (SSSR count). The fraction of sp³-hybridized carbons (Fsp3) is 0.393. The maximum atomic E-state index is 13.7. The minimum absolute atomic E-state index is 0.0348. The van der Waals surface area contributed by atoms with Crippen molar-refractivity contribution in [2.45, 2.75) is 64.7 Å². The lowest BCUT2D eigenvalue weighted by Gasteiger charge is -2.43. The van der Waals surface area contributed by atoms with E-state index in [0.29, 0.717) is 34.5 Å². The summed E-state index contributed by atoms with van der Waals surface area (Å²) in [5.41, 5.74) is 10.3. The van der Waals surface area contributed by atoms with Crippen LogP contribution in [0, 0.1) is 33.9 Å². The molecule has 2 heterocycles. The highest BCUT2D eigenvalue weighted by Gasteiger charge is 2.45. The molecular formula is C28H27FN4OS. The molecule has 7 heteroatoms. The molecule has 2 aliphatic carbocycles. The largest absolute Gasteiger partial charge is 0.384 e. The maximum Gasteiger partial charge on any atom is 0.162 e. The second kappa shape index (κ2) is 8.66. The van der Waals surface area contributed by atoms with E-state index >= 15 is 0 Å². The molecule has 35 heavy (non-hydrogen) atoms. The van der Waals surface area contributed by atoms with Crippen molar-refractivity contribution >= 4 is 22.1 Å². The number of nitriles is 2. The van der Waals surface area contributed by atoms with Gasteiger partial charge in [0.05, 0.1) is 23.1 Å². The molecule has 0 bridgehead atoms. The summed E-state index contributed by atoms with van der Waals surface area (Å²) in [5.74, 6) is -0.823. The standard InChI is InChI=1S/C28H27FN4OS/c1-28(2)12-21-25(22(34)13-28)24(16-8-10-17(29)11-9-16)20(15-31)26(32)33(21)27-19(14-30)18-6-4-3-5-7-23(18)35-27/h8-11,24H,3-7,12-13,32H2,1-2H3/t24-/m0/s1. The maximum absolute atomic E-state index is 13.7. The second-order valence-electron chi connectivity index (χ2n) is 10.4. The van der Waals surface area contributed by atoms with E-state index in [0.717, 1.165) is 43.4 Å². The minimum Gasteiger partial charge on any atom is -0.384 e. The number of halogens is 1. The third kappa shape index (κ3) is 3.85. The zero-order valence-corrected chi connectivity index (χ0v) is 20.8. The lowest BCUT2D eigenvalue weighted by molar-refractivity contribution is -0.118. The lowest BCUT2D eigenvalue weighted by atomic mass is 9.68. The van der Waals surface area contributed by atoms with Gasteiger partial charge in [0, 0.05) is 22.6 Å². The van der Waals surface area contributed by atoms with Gasteiger partial charge in [-0.05, 0) is 60.8 Å². The van der Waals surface area contributed by atoms with Crippen molar-refractivity contribution in [2.24, 2.45) is 11.1 Å². The molecule has 178 valence electrons. The first-order valence-electron chi connectivity index (χ1n) is 12.0. The highest BCUT2D eigenvalue weighted by Crippen LogP contribution is 2.52. The number of carbonyl (C=O) groups is 1. The summed E-state index contributed by atoms with van der Waals surface area (Å²) in [6.07, 6.45) is 5.97. The Kier molecular flexibility index (Phi) is 5.77. The molecule has 1 atom stereocenters. The Morgan fingerprint density at radius 1 is 1.09 bits per heavy atom. The summed E-state index contributed by atoms with van der Waals surface area (Å²) >= 11 is 1.56. The van der Waals surface area contributed by atoms with Crippen molar-refractivity contribution in [1.82, 2.24) is 0 Å². The van der Waals surface area contributed by atoms with Gasteiger partial charge < -0.3 is 5.73 Å². The van der Waals surface area contributed by atoms with Crippen LogP contribution >= 0.6 is 11.3 Å². The van der Waals surface area contributed by atoms with Gasteiger partial charge in [-0.3, -0.25) is 9.69 Å². The summed E-state index contributed by atoms with van der Waals surface area (Å²) < 4.78 is 13.7. The van der Waals surface area contributed by atoms with Gasteiger partial charge in [-0.2, -0.15) is 10.5 Å². The van der Waals surface area contributed by atoms with Gasteiger partial charge in [-0.25, -0.2) is 4.39 Å². The fourth-order valence-corrected chi connectivity index (χ4v) is 7.11. The van der Waals surface area contributed by atoms with Crippen LogP contribution in [0.2, 0.25) is 0 Å². The third-order valence-electron chi connectivity index (χ3n) is 7.30. The quantitative estimate of drug-likeness (QED) is 0.528. The number of nitrogens with two attached hydrogens (primary N) is 1. The first kappa shape index (κ1) is 23.3. The Labute approximate surface area is 209 Å². The van der Waals surface area contributed by atoms with Crippen molar-refractivity contribution in [3.05, 3.63) is 74.3 Å². The molecule has 2 N–H and O–H groups in total. The van der Waals surface area contributed by atoms with E-state index in [4.69, 9.17) is 5.73 Å². The zero-order chi connectivity index (χ0) is 24.9. The Morgan fingerprint density at radius 3 is 2.49 bits per heavy atom. The number of allylic oxidation sites excluding steroid dienone is 3. The number of ketones is 1. The predicted molar refractivity (Wildman–Crippen MR) is 134 cm³/mol. The Hall–Kier alpha value is -3.42. The molecule has 0 unspecified atom stereocenters. The number of nitrogens with zero attached hydrogens (tertiary/aromatic N) is 3. The van der Waals surface area contributed by atoms with Crippen LogP contribution in [0.25, 0.3) is 0 Å². The van der Waals surface area contributed by atoms with Crippen LogP contribution in [-0.4, -0.2) is 5.78 Å². The predicted octanol–water partition coefficient (Wildman–Crippen LogP) is 5.97. The van der Waals surface area contributed by atoms with E-state index in [1.807, 2.05) is 18.7 Å². The smallest absolute Gasteiger partial charge is 0.162 e. The van der Waals surface area contributed by atoms with Crippen molar-refractivity contribution in [1.29, 1.82) is 10.5 Å². The summed E-state index contributed by atoms with van der Waals surface area (Å²) in [7, 11) is 0. The van der Waals surface area contributed by atoms with Crippen molar-refractivity contribution < 1.29 is 9.18 Å². The molecule has 0 saturated heterocycles. The Balaban J connectivity index is 1.78. The Bertz CT molecular complexity index is 1370. The van der Waals surface area contributed by atoms with Gasteiger partial charge in [0.2, 0.25) is 0 Å². The average molecular weight is 487 g/mol. The summed E-state index contributed by atoms with van der Waals surface area (Å²) in [4.78, 5) is 16.7. The van der Waals surface area contributed by atoms with Gasteiger partial charge in [-0.15, -0.1) is 11.3 Å². The van der Waals surface area contributed by atoms with Gasteiger partial charge in [0.15, 0.2) is 5.78 Å². The van der Waals surface area contributed by atoms with Crippen LogP contribution in [-0.2, 0) is 17.6 Å². The summed E-state index contributed by atoms with van der Waals surface area (Å²) in [6, 6.07) is 10.6. The summed E-state index contributed by atoms with van der Waals surface area (Å²) in [5, 5.41) is 21.1. The number of fused-ring (bicyclic) bond motifs is 1. The molecule has 1 aliphatic heterocycles. The van der Waals surface area contributed by atoms with Crippen LogP contribution in [0.4, 0.5) is 9.39 Å². The van der Waals surface area contributed by atoms with E-state index in [9.17, 15) is 19.7 Å². The van der Waals surface area contributed by atoms with E-state index < -0.39 is 5.92 Å². The molecule has 1 aromatic heterocycles. The highest BCUT2D eigenvalue weighted by atomic mass is 32.1. The molecule has 5 nitrogen and oxygen atoms in total. The Morgan fingerprint density at radius 2 is 1.80 bits per heavy atom. The van der Waals surface area contributed by atoms with Crippen molar-refractivity contribution in [2.75, 3.05) is 4.90 Å². The number of carbonyl (C=O) groups excluding carboxylic acids is 1. The van der Waals surface area contributed by atoms with E-state index in [-0.39, 0.29) is 28.4 Å². The number of aryl methyl sites for hydroxylation is 1. The van der Waals surface area contributed by atoms with E-state index in [1.165, 1.54) is 17.0 Å². The average Bonchev–Trinajstić information content (AvgIpc) is 2.98. The topological polar surface area (TPSA) is 93.9 Å². The fourth-order valence-electron chi connectivity index (χ4n) is 5.73. The van der Waals surface area contributed by atoms with Gasteiger partial charge in [-0.1, -0.05) is 32.4 Å². The lowest BCUT2D eigenvalue weighted by Crippen LogP contribution is -2.42. The first-order valence-corrected chi connectivity index (χ1v) is 12.8. The summed E-state index contributed by atoms with van der Waals surface area (Å²) in [6.45, 7) is 4.10. The number of thiophene rings is 1. The molecular weight excluding hydrogens is 459 g/mol. The van der Waals surface area contributed by atoms with Crippen molar-refractivity contribution in [3.63, 3.8) is 0 Å². The van der Waals surface area contributed by atoms with Crippen molar-refractivity contribution in [3.8, 4) is 12.1 Å². The second-order valence-corrected chi connectivity index (χ2v) is 11.5. The highest BCUT2D eigenvalue weighted by molar-refractivity contribution is 7.16. The number of Topliss-reactive ketones (excluding diaryl/α,β-unsaturated/α-hetero) is 1. The van der Waals surface area contributed by atoms with Gasteiger partial charge >= 0.3 is 0 Å². The van der Waals surface area contributed by atoms with Crippen LogP contribution in [0.5, 0.6) is 0 Å². The number of hydrogen-bond acceptors (Lipinski definition) is 6. The molecule has 0 saturated carbocycles. The third-order valence-corrected chi connectivity index (χ3v) is 8.58. The first-order chi connectivity index (χ1) is 16.8. The monoisotopic (exact) mass is 486 g/mol. The molecule has 0 fully saturated rings. The van der Waals surface area contributed by atoms with Crippen LogP contribution in [0.1, 0.15) is 73.4 Å². The van der Waals surface area contributed by atoms with Gasteiger partial charge in [0.25, 0.3) is 0 Å². The zero-order valence-electron chi connectivity index (χ0n) is 19.9. The number of rotatable bonds is 2. The minimum atomic E-state index is -0.654. The molecule has 0 radical (unpaired) electrons. The molecule has 3 aliphatic rings. The van der Waals surface area contributed by atoms with Crippen LogP contribution in [0.3, 0.4) is 0 Å². The van der Waals surface area contributed by atoms with Crippen LogP contribution in [0.15, 0.2) is 46.9 Å². The molecule has 0 amide bonds. The van der Waals surface area contributed by atoms with E-state index in [2.05, 4.69) is 12.1 Å². The number of benzene rings is 1. The van der Waals surface area contributed by atoms with Gasteiger partial charge in [0.1, 0.15) is 22.7 Å². The number of hydrogen-bond donors (Lipinski definition) is 1. The number of anilines is 1. The van der Waals surface area contributed by atoms with E-state index in [1.54, 1.807) is 23.5 Å². The molecule has 0 spiro atoms.